The van der Waals surface area contributed by atoms with Crippen molar-refractivity contribution >= 4 is 37.9 Å². The Bertz CT molecular complexity index is 962. The topological polar surface area (TPSA) is 111 Å². The van der Waals surface area contributed by atoms with Crippen LogP contribution in [0.1, 0.15) is 13.3 Å². The summed E-state index contributed by atoms with van der Waals surface area (Å²) in [6.07, 6.45) is 4.33. The van der Waals surface area contributed by atoms with Gasteiger partial charge in [-0.15, -0.1) is 6.58 Å². The van der Waals surface area contributed by atoms with Gasteiger partial charge < -0.3 is 15.4 Å². The van der Waals surface area contributed by atoms with Crippen LogP contribution >= 0.6 is 15.9 Å². The zero-order valence-electron chi connectivity index (χ0n) is 16.3. The normalized spacial score (nSPS) is 27.9. The molecular formula is C20H23BrN2O6S. The molecule has 0 radical (unpaired) electrons. The van der Waals surface area contributed by atoms with Gasteiger partial charge in [-0.2, -0.15) is 8.42 Å². The van der Waals surface area contributed by atoms with E-state index in [1.165, 1.54) is 12.1 Å². The maximum absolute atomic E-state index is 12.8. The van der Waals surface area contributed by atoms with E-state index in [1.54, 1.807) is 37.3 Å². The number of esters is 1. The van der Waals surface area contributed by atoms with Gasteiger partial charge in [0.25, 0.3) is 10.1 Å². The average molecular weight is 499 g/mol. The van der Waals surface area contributed by atoms with Gasteiger partial charge in [-0.3, -0.25) is 8.98 Å². The van der Waals surface area contributed by atoms with Crippen LogP contribution in [0.15, 0.2) is 58.4 Å². The summed E-state index contributed by atoms with van der Waals surface area (Å²) in [5, 5.41) is 5.69. The predicted molar refractivity (Wildman–Crippen MR) is 113 cm³/mol. The number of carbonyl (C=O) groups is 2. The van der Waals surface area contributed by atoms with E-state index < -0.39 is 39.7 Å². The van der Waals surface area contributed by atoms with Gasteiger partial charge >= 0.3 is 5.97 Å². The fourth-order valence-electron chi connectivity index (χ4n) is 3.40. The van der Waals surface area contributed by atoms with Crippen molar-refractivity contribution in [2.24, 2.45) is 5.92 Å². The second-order valence-corrected chi connectivity index (χ2v) is 9.51. The van der Waals surface area contributed by atoms with Crippen molar-refractivity contribution < 1.29 is 26.9 Å². The maximum atomic E-state index is 12.8. The summed E-state index contributed by atoms with van der Waals surface area (Å²) < 4.78 is 36.1. The highest BCUT2D eigenvalue weighted by atomic mass is 79.9. The molecule has 1 aliphatic heterocycles. The molecule has 1 fully saturated rings. The SMILES string of the molecule is C=C[C@@H]1C=C[C@]1(NC(=O)[C@@H]1C[C@H](OS(=O)(=O)c2ccc(Br)cc2)CN1)C(=O)OCC. The lowest BCUT2D eigenvalue weighted by Crippen LogP contribution is -2.64. The molecule has 2 N–H and O–H groups in total. The Morgan fingerprint density at radius 1 is 1.37 bits per heavy atom. The highest BCUT2D eigenvalue weighted by Gasteiger charge is 2.50. The average Bonchev–Trinajstić information content (AvgIpc) is 3.13. The van der Waals surface area contributed by atoms with E-state index in [2.05, 4.69) is 33.1 Å². The fourth-order valence-corrected chi connectivity index (χ4v) is 4.75. The molecule has 1 heterocycles. The van der Waals surface area contributed by atoms with E-state index in [-0.39, 0.29) is 30.4 Å². The Morgan fingerprint density at radius 3 is 2.63 bits per heavy atom. The first-order valence-corrected chi connectivity index (χ1v) is 11.7. The fraction of sp³-hybridized carbons (Fsp3) is 0.400. The number of amides is 1. The number of nitrogens with one attached hydrogen (secondary N) is 2. The van der Waals surface area contributed by atoms with Crippen LogP contribution in [0.25, 0.3) is 0 Å². The first kappa shape index (κ1) is 22.7. The largest absolute Gasteiger partial charge is 0.464 e. The van der Waals surface area contributed by atoms with E-state index in [4.69, 9.17) is 8.92 Å². The Hall–Kier alpha value is -2.01. The standard InChI is InChI=1S/C20H23BrN2O6S/c1-3-13-9-10-20(13,19(25)28-4-2)23-18(24)17-11-15(12-22-17)29-30(26,27)16-7-5-14(21)6-8-16/h3,5-10,13,15,17,22H,1,4,11-12H2,2H3,(H,23,24)/t13-,15+,17+,20-/m1/s1. The van der Waals surface area contributed by atoms with Gasteiger partial charge in [0.15, 0.2) is 5.54 Å². The molecule has 0 bridgehead atoms. The van der Waals surface area contributed by atoms with Crippen molar-refractivity contribution in [3.8, 4) is 0 Å². The first-order valence-electron chi connectivity index (χ1n) is 9.45. The third-order valence-corrected chi connectivity index (χ3v) is 6.97. The predicted octanol–water partition coefficient (Wildman–Crippen LogP) is 1.67. The second kappa shape index (κ2) is 9.01. The van der Waals surface area contributed by atoms with Crippen molar-refractivity contribution in [2.45, 2.75) is 35.9 Å². The van der Waals surface area contributed by atoms with Crippen molar-refractivity contribution in [3.05, 3.63) is 53.5 Å². The molecule has 1 amide bonds. The Labute approximate surface area is 184 Å². The van der Waals surface area contributed by atoms with Gasteiger partial charge in [0.1, 0.15) is 0 Å². The minimum absolute atomic E-state index is 0.0355. The highest BCUT2D eigenvalue weighted by molar-refractivity contribution is 9.10. The molecule has 0 unspecified atom stereocenters. The van der Waals surface area contributed by atoms with Crippen LogP contribution in [0.4, 0.5) is 0 Å². The lowest BCUT2D eigenvalue weighted by atomic mass is 9.74. The number of benzene rings is 1. The van der Waals surface area contributed by atoms with Crippen molar-refractivity contribution in [3.63, 3.8) is 0 Å². The highest BCUT2D eigenvalue weighted by Crippen LogP contribution is 2.33. The second-order valence-electron chi connectivity index (χ2n) is 7.02. The maximum Gasteiger partial charge on any atom is 0.336 e. The molecule has 1 aromatic carbocycles. The number of rotatable bonds is 8. The van der Waals surface area contributed by atoms with Crippen LogP contribution in [0.5, 0.6) is 0 Å². The van der Waals surface area contributed by atoms with Crippen molar-refractivity contribution in [1.82, 2.24) is 10.6 Å². The lowest BCUT2D eigenvalue weighted by molar-refractivity contribution is -0.153. The van der Waals surface area contributed by atoms with Crippen LogP contribution in [-0.2, 0) is 28.6 Å². The third kappa shape index (κ3) is 4.51. The van der Waals surface area contributed by atoms with E-state index in [9.17, 15) is 18.0 Å². The van der Waals surface area contributed by atoms with Gasteiger partial charge in [-0.25, -0.2) is 4.79 Å². The molecule has 30 heavy (non-hydrogen) atoms. The minimum Gasteiger partial charge on any atom is -0.464 e. The van der Waals surface area contributed by atoms with Gasteiger partial charge in [0.05, 0.1) is 23.6 Å². The minimum atomic E-state index is -3.96. The summed E-state index contributed by atoms with van der Waals surface area (Å²) in [5.41, 5.74) is -1.29. The molecule has 162 valence electrons. The van der Waals surface area contributed by atoms with Gasteiger partial charge in [-0.05, 0) is 31.2 Å². The zero-order valence-corrected chi connectivity index (χ0v) is 18.7. The van der Waals surface area contributed by atoms with Crippen LogP contribution in [0, 0.1) is 5.92 Å². The van der Waals surface area contributed by atoms with Crippen molar-refractivity contribution in [2.75, 3.05) is 13.2 Å². The number of carbonyl (C=O) groups excluding carboxylic acids is 2. The summed E-state index contributed by atoms with van der Waals surface area (Å²) in [6, 6.07) is 5.38. The summed E-state index contributed by atoms with van der Waals surface area (Å²) in [4.78, 5) is 25.3. The van der Waals surface area contributed by atoms with E-state index >= 15 is 0 Å². The molecule has 8 nitrogen and oxygen atoms in total. The monoisotopic (exact) mass is 498 g/mol. The molecule has 0 spiro atoms. The van der Waals surface area contributed by atoms with Crippen LogP contribution in [0.2, 0.25) is 0 Å². The Kier molecular flexibility index (Phi) is 6.81. The van der Waals surface area contributed by atoms with Gasteiger partial charge in [0.2, 0.25) is 5.91 Å². The lowest BCUT2D eigenvalue weighted by Gasteiger charge is -2.40. The Balaban J connectivity index is 1.64. The smallest absolute Gasteiger partial charge is 0.336 e. The molecule has 0 aromatic heterocycles. The molecule has 10 heteroatoms. The van der Waals surface area contributed by atoms with E-state index in [0.29, 0.717) is 0 Å². The number of hydrogen-bond acceptors (Lipinski definition) is 7. The van der Waals surface area contributed by atoms with E-state index in [0.717, 1.165) is 4.47 Å². The molecule has 1 saturated heterocycles. The van der Waals surface area contributed by atoms with Crippen molar-refractivity contribution in [1.29, 1.82) is 0 Å². The molecule has 2 aliphatic rings. The molecule has 1 aliphatic carbocycles. The van der Waals surface area contributed by atoms with Gasteiger partial charge in [0, 0.05) is 23.4 Å². The Morgan fingerprint density at radius 2 is 2.07 bits per heavy atom. The molecule has 1 aromatic rings. The van der Waals surface area contributed by atoms with Crippen LogP contribution in [0.3, 0.4) is 0 Å². The first-order chi connectivity index (χ1) is 14.2. The number of hydrogen-bond donors (Lipinski definition) is 2. The summed E-state index contributed by atoms with van der Waals surface area (Å²) in [5.74, 6) is -1.38. The molecule has 4 atom stereocenters. The molecule has 0 saturated carbocycles. The molecular weight excluding hydrogens is 476 g/mol. The number of halogens is 1. The third-order valence-electron chi connectivity index (χ3n) is 5.06. The zero-order chi connectivity index (χ0) is 21.9. The van der Waals surface area contributed by atoms with Crippen LogP contribution in [-0.4, -0.2) is 51.1 Å². The quantitative estimate of drug-likeness (QED) is 0.318. The summed E-state index contributed by atoms with van der Waals surface area (Å²) in [7, 11) is -3.96. The van der Waals surface area contributed by atoms with Gasteiger partial charge in [-0.1, -0.05) is 34.2 Å². The van der Waals surface area contributed by atoms with Crippen LogP contribution < -0.4 is 10.6 Å². The van der Waals surface area contributed by atoms with E-state index in [1.807, 2.05) is 0 Å². The number of ether oxygens (including phenoxy) is 1. The summed E-state index contributed by atoms with van der Waals surface area (Å²) >= 11 is 3.25. The molecule has 3 rings (SSSR count). The summed E-state index contributed by atoms with van der Waals surface area (Å²) in [6.45, 7) is 5.74.